The van der Waals surface area contributed by atoms with Crippen molar-refractivity contribution in [2.45, 2.75) is 11.3 Å². The molecule has 23 heavy (non-hydrogen) atoms. The molecule has 0 spiro atoms. The summed E-state index contributed by atoms with van der Waals surface area (Å²) in [6.07, 6.45) is 2.85. The fraction of sp³-hybridized carbons (Fsp3) is 0.211. The Morgan fingerprint density at radius 1 is 1.09 bits per heavy atom. The highest BCUT2D eigenvalue weighted by Crippen LogP contribution is 2.25. The Morgan fingerprint density at radius 3 is 2.74 bits per heavy atom. The Hall–Kier alpha value is -2.20. The molecule has 1 aliphatic rings. The number of nitrogens with one attached hydrogen (secondary N) is 1. The van der Waals surface area contributed by atoms with Gasteiger partial charge in [-0.05, 0) is 36.4 Å². The number of thioether (sulfide) groups is 1. The predicted molar refractivity (Wildman–Crippen MR) is 94.7 cm³/mol. The number of benzene rings is 2. The maximum Gasteiger partial charge on any atom is 0.250 e. The van der Waals surface area contributed by atoms with Crippen LogP contribution in [-0.2, 0) is 4.79 Å². The smallest absolute Gasteiger partial charge is 0.250 e. The highest BCUT2D eigenvalue weighted by atomic mass is 32.2. The van der Waals surface area contributed by atoms with Crippen LogP contribution >= 0.6 is 11.8 Å². The second-order valence-electron chi connectivity index (χ2n) is 5.27. The zero-order valence-electron chi connectivity index (χ0n) is 12.8. The number of carbonyl (C=O) groups excluding carboxylic acids is 1. The molecule has 0 unspecified atom stereocenters. The van der Waals surface area contributed by atoms with E-state index in [4.69, 9.17) is 4.74 Å². The standard InChI is InChI=1S/C19H19NO2S/c21-19(16-13-15-7-4-5-10-18(15)22-14-16)20-11-6-12-23-17-8-2-1-3-9-17/h1-5,7-10,13H,6,11-12,14H2,(H,20,21). The number of fused-ring (bicyclic) bond motifs is 1. The van der Waals surface area contributed by atoms with E-state index in [9.17, 15) is 4.79 Å². The zero-order valence-corrected chi connectivity index (χ0v) is 13.6. The predicted octanol–water partition coefficient (Wildman–Crippen LogP) is 3.76. The normalized spacial score (nSPS) is 12.8. The average Bonchev–Trinajstić information content (AvgIpc) is 2.61. The van der Waals surface area contributed by atoms with Crippen molar-refractivity contribution < 1.29 is 9.53 Å². The molecule has 1 N–H and O–H groups in total. The molecular formula is C19H19NO2S. The molecule has 2 aromatic rings. The van der Waals surface area contributed by atoms with Gasteiger partial charge in [-0.1, -0.05) is 36.4 Å². The van der Waals surface area contributed by atoms with E-state index < -0.39 is 0 Å². The Balaban J connectivity index is 1.43. The van der Waals surface area contributed by atoms with Crippen LogP contribution in [0.15, 0.2) is 65.1 Å². The third-order valence-corrected chi connectivity index (χ3v) is 4.64. The topological polar surface area (TPSA) is 38.3 Å². The lowest BCUT2D eigenvalue weighted by Gasteiger charge is -2.17. The third kappa shape index (κ3) is 4.39. The molecule has 4 heteroatoms. The maximum atomic E-state index is 12.2. The molecule has 1 heterocycles. The molecule has 0 aromatic heterocycles. The number of ether oxygens (including phenoxy) is 1. The molecule has 3 rings (SSSR count). The number of rotatable bonds is 6. The van der Waals surface area contributed by atoms with Crippen molar-refractivity contribution in [2.75, 3.05) is 18.9 Å². The van der Waals surface area contributed by atoms with Gasteiger partial charge in [0.15, 0.2) is 0 Å². The van der Waals surface area contributed by atoms with Crippen molar-refractivity contribution >= 4 is 23.7 Å². The fourth-order valence-corrected chi connectivity index (χ4v) is 3.22. The highest BCUT2D eigenvalue weighted by molar-refractivity contribution is 7.99. The van der Waals surface area contributed by atoms with Gasteiger partial charge in [0.25, 0.3) is 5.91 Å². The summed E-state index contributed by atoms with van der Waals surface area (Å²) < 4.78 is 5.61. The SMILES string of the molecule is O=C(NCCCSc1ccccc1)C1=Cc2ccccc2OC1. The summed E-state index contributed by atoms with van der Waals surface area (Å²) in [4.78, 5) is 13.4. The van der Waals surface area contributed by atoms with Gasteiger partial charge in [-0.3, -0.25) is 4.79 Å². The first-order valence-electron chi connectivity index (χ1n) is 7.71. The van der Waals surface area contributed by atoms with E-state index in [1.54, 1.807) is 0 Å². The summed E-state index contributed by atoms with van der Waals surface area (Å²) in [6.45, 7) is 1.01. The zero-order chi connectivity index (χ0) is 15.9. The molecule has 0 aliphatic carbocycles. The highest BCUT2D eigenvalue weighted by Gasteiger charge is 2.16. The van der Waals surface area contributed by atoms with E-state index in [0.717, 1.165) is 23.5 Å². The van der Waals surface area contributed by atoms with E-state index >= 15 is 0 Å². The summed E-state index contributed by atoms with van der Waals surface area (Å²) in [5, 5.41) is 2.97. The van der Waals surface area contributed by atoms with Gasteiger partial charge in [-0.2, -0.15) is 0 Å². The van der Waals surface area contributed by atoms with Gasteiger partial charge in [-0.25, -0.2) is 0 Å². The number of amides is 1. The van der Waals surface area contributed by atoms with Crippen molar-refractivity contribution in [3.05, 3.63) is 65.7 Å². The molecule has 0 saturated heterocycles. The lowest BCUT2D eigenvalue weighted by Crippen LogP contribution is -2.29. The van der Waals surface area contributed by atoms with Crippen LogP contribution in [0.4, 0.5) is 0 Å². The van der Waals surface area contributed by atoms with Crippen molar-refractivity contribution in [1.29, 1.82) is 0 Å². The van der Waals surface area contributed by atoms with Crippen LogP contribution in [-0.4, -0.2) is 24.8 Å². The van der Waals surface area contributed by atoms with Crippen LogP contribution in [0.2, 0.25) is 0 Å². The fourth-order valence-electron chi connectivity index (χ4n) is 2.34. The van der Waals surface area contributed by atoms with Gasteiger partial charge in [0.2, 0.25) is 0 Å². The summed E-state index contributed by atoms with van der Waals surface area (Å²) in [6, 6.07) is 18.1. The van der Waals surface area contributed by atoms with Crippen LogP contribution in [0.1, 0.15) is 12.0 Å². The number of para-hydroxylation sites is 1. The Labute approximate surface area is 140 Å². The first kappa shape index (κ1) is 15.7. The quantitative estimate of drug-likeness (QED) is 0.649. The van der Waals surface area contributed by atoms with Crippen molar-refractivity contribution in [3.63, 3.8) is 0 Å². The van der Waals surface area contributed by atoms with Gasteiger partial charge in [0, 0.05) is 17.0 Å². The minimum absolute atomic E-state index is 0.0378. The van der Waals surface area contributed by atoms with Gasteiger partial charge >= 0.3 is 0 Å². The van der Waals surface area contributed by atoms with Gasteiger partial charge in [0.05, 0.1) is 5.57 Å². The third-order valence-electron chi connectivity index (χ3n) is 3.54. The van der Waals surface area contributed by atoms with Crippen LogP contribution in [0.3, 0.4) is 0 Å². The molecule has 1 aliphatic heterocycles. The first-order chi connectivity index (χ1) is 11.3. The maximum absolute atomic E-state index is 12.2. The van der Waals surface area contributed by atoms with E-state index in [2.05, 4.69) is 17.4 Å². The Bertz CT molecular complexity index is 698. The number of hydrogen-bond acceptors (Lipinski definition) is 3. The van der Waals surface area contributed by atoms with Crippen molar-refractivity contribution in [1.82, 2.24) is 5.32 Å². The molecule has 2 aromatic carbocycles. The molecule has 118 valence electrons. The monoisotopic (exact) mass is 325 g/mol. The van der Waals surface area contributed by atoms with Crippen LogP contribution < -0.4 is 10.1 Å². The minimum Gasteiger partial charge on any atom is -0.488 e. The molecule has 1 amide bonds. The largest absolute Gasteiger partial charge is 0.488 e. The molecule has 0 atom stereocenters. The van der Waals surface area contributed by atoms with Crippen molar-refractivity contribution in [2.24, 2.45) is 0 Å². The van der Waals surface area contributed by atoms with Gasteiger partial charge < -0.3 is 10.1 Å². The number of hydrogen-bond donors (Lipinski definition) is 1. The first-order valence-corrected chi connectivity index (χ1v) is 8.70. The second-order valence-corrected chi connectivity index (χ2v) is 6.44. The molecule has 0 saturated carbocycles. The summed E-state index contributed by atoms with van der Waals surface area (Å²) in [7, 11) is 0. The van der Waals surface area contributed by atoms with E-state index in [1.165, 1.54) is 4.90 Å². The molecule has 0 fully saturated rings. The van der Waals surface area contributed by atoms with E-state index in [1.807, 2.05) is 60.3 Å². The Kier molecular flexibility index (Phi) is 5.37. The lowest BCUT2D eigenvalue weighted by atomic mass is 10.1. The van der Waals surface area contributed by atoms with E-state index in [-0.39, 0.29) is 5.91 Å². The van der Waals surface area contributed by atoms with Gasteiger partial charge in [0.1, 0.15) is 12.4 Å². The van der Waals surface area contributed by atoms with Crippen LogP contribution in [0.5, 0.6) is 5.75 Å². The lowest BCUT2D eigenvalue weighted by molar-refractivity contribution is -0.117. The number of carbonyl (C=O) groups is 1. The van der Waals surface area contributed by atoms with Crippen LogP contribution in [0.25, 0.3) is 6.08 Å². The van der Waals surface area contributed by atoms with Crippen LogP contribution in [0, 0.1) is 0 Å². The van der Waals surface area contributed by atoms with Crippen molar-refractivity contribution in [3.8, 4) is 5.75 Å². The molecule has 0 bridgehead atoms. The summed E-state index contributed by atoms with van der Waals surface area (Å²) in [5.74, 6) is 1.79. The summed E-state index contributed by atoms with van der Waals surface area (Å²) in [5.41, 5.74) is 1.64. The average molecular weight is 325 g/mol. The summed E-state index contributed by atoms with van der Waals surface area (Å²) >= 11 is 1.81. The Morgan fingerprint density at radius 2 is 1.87 bits per heavy atom. The molecule has 3 nitrogen and oxygen atoms in total. The van der Waals surface area contributed by atoms with Gasteiger partial charge in [-0.15, -0.1) is 11.8 Å². The second kappa shape index (κ2) is 7.88. The molecule has 0 radical (unpaired) electrons. The van der Waals surface area contributed by atoms with E-state index in [0.29, 0.717) is 18.7 Å². The molecular weight excluding hydrogens is 306 g/mol. The minimum atomic E-state index is -0.0378.